The first-order valence-electron chi connectivity index (χ1n) is 11.4. The number of urea groups is 1. The van der Waals surface area contributed by atoms with Gasteiger partial charge in [-0.1, -0.05) is 32.9 Å². The number of nitrogens with one attached hydrogen (secondary N) is 1. The lowest BCUT2D eigenvalue weighted by molar-refractivity contribution is -0.0585. The summed E-state index contributed by atoms with van der Waals surface area (Å²) in [4.78, 5) is 17.3. The molecule has 3 heterocycles. The minimum Gasteiger partial charge on any atom is -0.378 e. The maximum Gasteiger partial charge on any atom is 0.320 e. The van der Waals surface area contributed by atoms with Gasteiger partial charge in [-0.2, -0.15) is 0 Å². The van der Waals surface area contributed by atoms with Gasteiger partial charge in [0.1, 0.15) is 0 Å². The molecule has 166 valence electrons. The summed E-state index contributed by atoms with van der Waals surface area (Å²) >= 11 is 0. The molecule has 6 nitrogen and oxygen atoms in total. The molecule has 0 radical (unpaired) electrons. The third-order valence-electron chi connectivity index (χ3n) is 6.50. The normalized spacial score (nSPS) is 27.7. The summed E-state index contributed by atoms with van der Waals surface area (Å²) in [6.07, 6.45) is 1.08. The van der Waals surface area contributed by atoms with Gasteiger partial charge in [0, 0.05) is 32.7 Å². The number of hydrogen-bond acceptors (Lipinski definition) is 4. The zero-order valence-electron chi connectivity index (χ0n) is 19.2. The first kappa shape index (κ1) is 21.6. The molecule has 1 aromatic carbocycles. The third-order valence-corrected chi connectivity index (χ3v) is 6.50. The molecule has 6 heteroatoms. The van der Waals surface area contributed by atoms with Gasteiger partial charge in [0.25, 0.3) is 0 Å². The lowest BCUT2D eigenvalue weighted by Crippen LogP contribution is -2.53. The number of amides is 2. The topological polar surface area (TPSA) is 54.0 Å². The average molecular weight is 416 g/mol. The van der Waals surface area contributed by atoms with Gasteiger partial charge in [-0.3, -0.25) is 0 Å². The lowest BCUT2D eigenvalue weighted by atomic mass is 9.80. The second-order valence-corrected chi connectivity index (χ2v) is 10.2. The van der Waals surface area contributed by atoms with Crippen molar-refractivity contribution in [2.45, 2.75) is 71.2 Å². The van der Waals surface area contributed by atoms with Gasteiger partial charge in [-0.25, -0.2) is 4.79 Å². The Bertz CT molecular complexity index is 773. The Kier molecular flexibility index (Phi) is 6.11. The highest BCUT2D eigenvalue weighted by atomic mass is 16.5. The molecule has 2 unspecified atom stereocenters. The van der Waals surface area contributed by atoms with Crippen molar-refractivity contribution in [1.29, 1.82) is 0 Å². The highest BCUT2D eigenvalue weighted by Crippen LogP contribution is 2.34. The number of carbonyl (C=O) groups excluding carboxylic acids is 1. The van der Waals surface area contributed by atoms with Crippen molar-refractivity contribution in [3.8, 4) is 0 Å². The van der Waals surface area contributed by atoms with E-state index in [4.69, 9.17) is 9.47 Å². The van der Waals surface area contributed by atoms with E-state index in [9.17, 15) is 4.79 Å². The van der Waals surface area contributed by atoms with Gasteiger partial charge in [0.05, 0.1) is 31.5 Å². The number of rotatable bonds is 1. The van der Waals surface area contributed by atoms with Crippen molar-refractivity contribution in [3.05, 3.63) is 34.4 Å². The fourth-order valence-corrected chi connectivity index (χ4v) is 4.90. The van der Waals surface area contributed by atoms with Gasteiger partial charge < -0.3 is 24.6 Å². The first-order chi connectivity index (χ1) is 14.2. The van der Waals surface area contributed by atoms with Crippen LogP contribution in [0.15, 0.2) is 12.1 Å². The first-order valence-corrected chi connectivity index (χ1v) is 11.4. The Morgan fingerprint density at radius 3 is 2.50 bits per heavy atom. The van der Waals surface area contributed by atoms with Crippen LogP contribution in [0.4, 0.5) is 4.79 Å². The van der Waals surface area contributed by atoms with Gasteiger partial charge in [-0.05, 0) is 47.9 Å². The van der Waals surface area contributed by atoms with Crippen LogP contribution >= 0.6 is 0 Å². The molecule has 0 aliphatic carbocycles. The van der Waals surface area contributed by atoms with Gasteiger partial charge in [0.2, 0.25) is 0 Å². The van der Waals surface area contributed by atoms with Gasteiger partial charge in [-0.15, -0.1) is 0 Å². The van der Waals surface area contributed by atoms with E-state index in [-0.39, 0.29) is 29.7 Å². The van der Waals surface area contributed by atoms with Gasteiger partial charge >= 0.3 is 6.03 Å². The summed E-state index contributed by atoms with van der Waals surface area (Å²) in [6, 6.07) is 5.04. The van der Waals surface area contributed by atoms with Crippen molar-refractivity contribution in [1.82, 2.24) is 15.1 Å². The Morgan fingerprint density at radius 1 is 1.13 bits per heavy atom. The second kappa shape index (κ2) is 8.48. The fourth-order valence-electron chi connectivity index (χ4n) is 4.90. The molecule has 2 fully saturated rings. The Hall–Kier alpha value is -1.63. The highest BCUT2D eigenvalue weighted by molar-refractivity contribution is 5.75. The predicted molar refractivity (Wildman–Crippen MR) is 118 cm³/mol. The van der Waals surface area contributed by atoms with Crippen LogP contribution in [-0.4, -0.2) is 67.4 Å². The Balaban J connectivity index is 1.62. The second-order valence-electron chi connectivity index (χ2n) is 10.2. The predicted octanol–water partition coefficient (Wildman–Crippen LogP) is 3.23. The molecule has 0 saturated carbocycles. The molecule has 2 saturated heterocycles. The molecule has 4 rings (SSSR count). The molecule has 1 aromatic rings. The molecular formula is C24H37N3O3. The standard InChI is InChI=1S/C24H37N3O3/c1-16-12-27(13-17(2)30-16)23(28)26-8-6-18-10-19(24(3,4)5)11-20(21(18)14-26)22-15-29-9-7-25-22/h10-11,16-17,22,25H,6-9,12-15H2,1-5H3/t16?,17?,22-/m0/s1. The third kappa shape index (κ3) is 4.51. The Labute approximate surface area is 180 Å². The maximum absolute atomic E-state index is 13.3. The van der Waals surface area contributed by atoms with E-state index in [1.165, 1.54) is 22.3 Å². The molecule has 2 amide bonds. The zero-order valence-corrected chi connectivity index (χ0v) is 19.2. The SMILES string of the molecule is CC1CN(C(=O)N2CCc3cc(C(C)(C)C)cc([C@@H]4COCCN4)c3C2)CC(C)O1. The lowest BCUT2D eigenvalue weighted by Gasteiger charge is -2.40. The Morgan fingerprint density at radius 2 is 1.87 bits per heavy atom. The van der Waals surface area contributed by atoms with Crippen molar-refractivity contribution in [2.75, 3.05) is 39.4 Å². The number of hydrogen-bond donors (Lipinski definition) is 1. The van der Waals surface area contributed by atoms with Crippen LogP contribution in [0.25, 0.3) is 0 Å². The molecule has 0 aromatic heterocycles. The minimum atomic E-state index is 0.0864. The van der Waals surface area contributed by atoms with Crippen LogP contribution in [0.2, 0.25) is 0 Å². The summed E-state index contributed by atoms with van der Waals surface area (Å²) < 4.78 is 11.6. The zero-order chi connectivity index (χ0) is 21.5. The monoisotopic (exact) mass is 415 g/mol. The smallest absolute Gasteiger partial charge is 0.320 e. The molecule has 1 N–H and O–H groups in total. The van der Waals surface area contributed by atoms with E-state index in [1.807, 2.05) is 23.6 Å². The largest absolute Gasteiger partial charge is 0.378 e. The minimum absolute atomic E-state index is 0.0864. The molecule has 3 atom stereocenters. The van der Waals surface area contributed by atoms with Gasteiger partial charge in [0.15, 0.2) is 0 Å². The summed E-state index contributed by atoms with van der Waals surface area (Å²) in [5.41, 5.74) is 5.45. The highest BCUT2D eigenvalue weighted by Gasteiger charge is 2.33. The number of ether oxygens (including phenoxy) is 2. The van der Waals surface area contributed by atoms with E-state index in [0.29, 0.717) is 26.2 Å². The molecular weight excluding hydrogens is 378 g/mol. The van der Waals surface area contributed by atoms with Crippen molar-refractivity contribution in [3.63, 3.8) is 0 Å². The number of fused-ring (bicyclic) bond motifs is 1. The molecule has 0 bridgehead atoms. The van der Waals surface area contributed by atoms with E-state index < -0.39 is 0 Å². The van der Waals surface area contributed by atoms with Crippen molar-refractivity contribution >= 4 is 6.03 Å². The van der Waals surface area contributed by atoms with Crippen molar-refractivity contribution in [2.24, 2.45) is 0 Å². The molecule has 0 spiro atoms. The summed E-state index contributed by atoms with van der Waals surface area (Å²) in [6.45, 7) is 16.0. The van der Waals surface area contributed by atoms with E-state index in [2.05, 4.69) is 38.2 Å². The van der Waals surface area contributed by atoms with Crippen LogP contribution in [0, 0.1) is 0 Å². The fraction of sp³-hybridized carbons (Fsp3) is 0.708. The van der Waals surface area contributed by atoms with Crippen LogP contribution < -0.4 is 5.32 Å². The number of nitrogens with zero attached hydrogens (tertiary/aromatic N) is 2. The van der Waals surface area contributed by atoms with E-state index in [1.54, 1.807) is 0 Å². The average Bonchev–Trinajstić information content (AvgIpc) is 2.71. The molecule has 30 heavy (non-hydrogen) atoms. The van der Waals surface area contributed by atoms with Crippen molar-refractivity contribution < 1.29 is 14.3 Å². The summed E-state index contributed by atoms with van der Waals surface area (Å²) in [5.74, 6) is 0. The summed E-state index contributed by atoms with van der Waals surface area (Å²) in [5, 5.41) is 3.63. The quantitative estimate of drug-likeness (QED) is 0.765. The van der Waals surface area contributed by atoms with Crippen LogP contribution in [0.5, 0.6) is 0 Å². The summed E-state index contributed by atoms with van der Waals surface area (Å²) in [7, 11) is 0. The van der Waals surface area contributed by atoms with Crippen LogP contribution in [0.1, 0.15) is 62.9 Å². The number of carbonyl (C=O) groups is 1. The number of morpholine rings is 2. The number of benzene rings is 1. The van der Waals surface area contributed by atoms with Crippen LogP contribution in [-0.2, 0) is 27.9 Å². The molecule has 3 aliphatic rings. The maximum atomic E-state index is 13.3. The van der Waals surface area contributed by atoms with Crippen LogP contribution in [0.3, 0.4) is 0 Å². The van der Waals surface area contributed by atoms with E-state index in [0.717, 1.165) is 26.1 Å². The molecule has 3 aliphatic heterocycles. The van der Waals surface area contributed by atoms with E-state index >= 15 is 0 Å².